The molecule has 94 valence electrons. The highest BCUT2D eigenvalue weighted by molar-refractivity contribution is 9.10. The number of methoxy groups -OCH3 is 1. The molecule has 1 aliphatic carbocycles. The Morgan fingerprint density at radius 1 is 1.47 bits per heavy atom. The van der Waals surface area contributed by atoms with Gasteiger partial charge in [0.25, 0.3) is 0 Å². The molecule has 1 atom stereocenters. The number of hydrogen-bond acceptors (Lipinski definition) is 2. The molecular formula is C14H20BrNO. The summed E-state index contributed by atoms with van der Waals surface area (Å²) < 4.78 is 6.59. The topological polar surface area (TPSA) is 35.2 Å². The van der Waals surface area contributed by atoms with Crippen LogP contribution >= 0.6 is 15.9 Å². The smallest absolute Gasteiger partial charge is 0.136 e. The van der Waals surface area contributed by atoms with E-state index >= 15 is 0 Å². The molecule has 17 heavy (non-hydrogen) atoms. The summed E-state index contributed by atoms with van der Waals surface area (Å²) in [7, 11) is 1.73. The third-order valence-electron chi connectivity index (χ3n) is 3.91. The van der Waals surface area contributed by atoms with Crippen LogP contribution in [0.3, 0.4) is 0 Å². The van der Waals surface area contributed by atoms with Crippen LogP contribution in [0.1, 0.15) is 37.8 Å². The van der Waals surface area contributed by atoms with Gasteiger partial charge >= 0.3 is 0 Å². The van der Waals surface area contributed by atoms with Gasteiger partial charge in [-0.3, -0.25) is 0 Å². The molecule has 0 saturated heterocycles. The van der Waals surface area contributed by atoms with E-state index in [1.165, 1.54) is 24.0 Å². The Bertz CT molecular complexity index is 424. The second-order valence-electron chi connectivity index (χ2n) is 4.96. The minimum atomic E-state index is 0.138. The molecule has 0 radical (unpaired) electrons. The van der Waals surface area contributed by atoms with E-state index < -0.39 is 0 Å². The van der Waals surface area contributed by atoms with Gasteiger partial charge < -0.3 is 10.5 Å². The van der Waals surface area contributed by atoms with Gasteiger partial charge in [0.2, 0.25) is 0 Å². The zero-order valence-corrected chi connectivity index (χ0v) is 12.3. The molecule has 1 aliphatic rings. The summed E-state index contributed by atoms with van der Waals surface area (Å²) in [6.07, 6.45) is 3.37. The highest BCUT2D eigenvalue weighted by Gasteiger charge is 2.49. The average molecular weight is 298 g/mol. The van der Waals surface area contributed by atoms with Gasteiger partial charge in [-0.05, 0) is 53.7 Å². The molecule has 1 aromatic rings. The normalized spacial score (nSPS) is 18.9. The van der Waals surface area contributed by atoms with Gasteiger partial charge in [-0.15, -0.1) is 0 Å². The van der Waals surface area contributed by atoms with Crippen LogP contribution in [-0.4, -0.2) is 13.2 Å². The Balaban J connectivity index is 2.55. The fraction of sp³-hybridized carbons (Fsp3) is 0.571. The summed E-state index contributed by atoms with van der Waals surface area (Å²) in [5, 5.41) is 0. The Morgan fingerprint density at radius 2 is 2.12 bits per heavy atom. The van der Waals surface area contributed by atoms with E-state index in [0.717, 1.165) is 16.6 Å². The number of benzene rings is 1. The van der Waals surface area contributed by atoms with Crippen molar-refractivity contribution in [2.75, 3.05) is 7.11 Å². The molecule has 0 spiro atoms. The van der Waals surface area contributed by atoms with Crippen molar-refractivity contribution >= 4 is 15.9 Å². The van der Waals surface area contributed by atoms with E-state index in [1.54, 1.807) is 7.11 Å². The summed E-state index contributed by atoms with van der Waals surface area (Å²) in [5.74, 6) is 0.956. The highest BCUT2D eigenvalue weighted by Crippen LogP contribution is 2.54. The fourth-order valence-corrected chi connectivity index (χ4v) is 3.21. The monoisotopic (exact) mass is 297 g/mol. The van der Waals surface area contributed by atoms with Crippen molar-refractivity contribution in [2.24, 2.45) is 5.73 Å². The molecule has 3 heteroatoms. The molecule has 0 bridgehead atoms. The molecule has 1 unspecified atom stereocenters. The summed E-state index contributed by atoms with van der Waals surface area (Å²) >= 11 is 3.60. The van der Waals surface area contributed by atoms with Crippen LogP contribution in [0.25, 0.3) is 0 Å². The summed E-state index contributed by atoms with van der Waals surface area (Å²) in [6.45, 7) is 4.27. The standard InChI is InChI=1S/C14H20BrNO/c1-4-10-7-11(13(17-3)12(15)8-10)14(5-6-14)9(2)16/h7-9H,4-6,16H2,1-3H3. The lowest BCUT2D eigenvalue weighted by molar-refractivity contribution is 0.395. The average Bonchev–Trinajstić information content (AvgIpc) is 3.09. The minimum absolute atomic E-state index is 0.138. The van der Waals surface area contributed by atoms with E-state index in [9.17, 15) is 0 Å². The number of hydrogen-bond donors (Lipinski definition) is 1. The quantitative estimate of drug-likeness (QED) is 0.924. The summed E-state index contributed by atoms with van der Waals surface area (Å²) in [6, 6.07) is 4.58. The zero-order valence-electron chi connectivity index (χ0n) is 10.7. The van der Waals surface area contributed by atoms with Crippen LogP contribution in [0.5, 0.6) is 5.75 Å². The second-order valence-corrected chi connectivity index (χ2v) is 5.81. The number of nitrogens with two attached hydrogens (primary N) is 1. The van der Waals surface area contributed by atoms with Crippen LogP contribution in [0, 0.1) is 0 Å². The second kappa shape index (κ2) is 4.62. The Labute approximate surface area is 112 Å². The third kappa shape index (κ3) is 2.11. The highest BCUT2D eigenvalue weighted by atomic mass is 79.9. The Morgan fingerprint density at radius 3 is 2.53 bits per heavy atom. The summed E-state index contributed by atoms with van der Waals surface area (Å²) in [5.41, 5.74) is 8.91. The first kappa shape index (κ1) is 12.9. The minimum Gasteiger partial charge on any atom is -0.495 e. The molecule has 1 saturated carbocycles. The van der Waals surface area contributed by atoms with Gasteiger partial charge in [0.15, 0.2) is 0 Å². The first-order valence-corrected chi connectivity index (χ1v) is 6.97. The van der Waals surface area contributed by atoms with Crippen molar-refractivity contribution in [1.29, 1.82) is 0 Å². The number of ether oxygens (including phenoxy) is 1. The van der Waals surface area contributed by atoms with Crippen LogP contribution < -0.4 is 10.5 Å². The zero-order chi connectivity index (χ0) is 12.6. The molecule has 0 amide bonds. The molecule has 1 fully saturated rings. The van der Waals surface area contributed by atoms with Crippen LogP contribution in [0.4, 0.5) is 0 Å². The predicted molar refractivity (Wildman–Crippen MR) is 74.6 cm³/mol. The van der Waals surface area contributed by atoms with E-state index in [0.29, 0.717) is 0 Å². The van der Waals surface area contributed by atoms with E-state index in [1.807, 2.05) is 0 Å². The maximum atomic E-state index is 6.16. The SMILES string of the molecule is CCc1cc(Br)c(OC)c(C2(C(C)N)CC2)c1. The van der Waals surface area contributed by atoms with Gasteiger partial charge in [-0.1, -0.05) is 13.0 Å². The maximum Gasteiger partial charge on any atom is 0.136 e. The molecule has 2 nitrogen and oxygen atoms in total. The fourth-order valence-electron chi connectivity index (χ4n) is 2.54. The predicted octanol–water partition coefficient (Wildman–Crippen LogP) is 3.40. The van der Waals surface area contributed by atoms with Crippen molar-refractivity contribution in [1.82, 2.24) is 0 Å². The molecule has 2 rings (SSSR count). The van der Waals surface area contributed by atoms with Crippen LogP contribution in [-0.2, 0) is 11.8 Å². The lowest BCUT2D eigenvalue weighted by Crippen LogP contribution is -2.32. The van der Waals surface area contributed by atoms with Gasteiger partial charge in [-0.25, -0.2) is 0 Å². The molecule has 0 heterocycles. The van der Waals surface area contributed by atoms with Gasteiger partial charge in [0, 0.05) is 17.0 Å². The molecule has 2 N–H and O–H groups in total. The Hall–Kier alpha value is -0.540. The first-order chi connectivity index (χ1) is 8.05. The van der Waals surface area contributed by atoms with E-state index in [-0.39, 0.29) is 11.5 Å². The largest absolute Gasteiger partial charge is 0.495 e. The molecule has 0 aliphatic heterocycles. The maximum absolute atomic E-state index is 6.16. The van der Waals surface area contributed by atoms with Crippen molar-refractivity contribution < 1.29 is 4.74 Å². The number of halogens is 1. The van der Waals surface area contributed by atoms with E-state index in [4.69, 9.17) is 10.5 Å². The van der Waals surface area contributed by atoms with Crippen LogP contribution in [0.2, 0.25) is 0 Å². The third-order valence-corrected chi connectivity index (χ3v) is 4.50. The number of rotatable bonds is 4. The van der Waals surface area contributed by atoms with E-state index in [2.05, 4.69) is 41.9 Å². The van der Waals surface area contributed by atoms with Crippen molar-refractivity contribution in [3.8, 4) is 5.75 Å². The van der Waals surface area contributed by atoms with Gasteiger partial charge in [-0.2, -0.15) is 0 Å². The van der Waals surface area contributed by atoms with Crippen LogP contribution in [0.15, 0.2) is 16.6 Å². The van der Waals surface area contributed by atoms with Crippen molar-refractivity contribution in [3.05, 3.63) is 27.7 Å². The summed E-state index contributed by atoms with van der Waals surface area (Å²) in [4.78, 5) is 0. The Kier molecular flexibility index (Phi) is 3.50. The number of aryl methyl sites for hydroxylation is 1. The van der Waals surface area contributed by atoms with Crippen molar-refractivity contribution in [2.45, 2.75) is 44.6 Å². The van der Waals surface area contributed by atoms with Crippen molar-refractivity contribution in [3.63, 3.8) is 0 Å². The lowest BCUT2D eigenvalue weighted by atomic mass is 9.87. The van der Waals surface area contributed by atoms with Gasteiger partial charge in [0.05, 0.1) is 11.6 Å². The first-order valence-electron chi connectivity index (χ1n) is 6.17. The molecular weight excluding hydrogens is 278 g/mol. The molecule has 0 aromatic heterocycles. The molecule has 1 aromatic carbocycles. The van der Waals surface area contributed by atoms with Gasteiger partial charge in [0.1, 0.15) is 5.75 Å². The lowest BCUT2D eigenvalue weighted by Gasteiger charge is -2.24.